The normalized spacial score (nSPS) is 10.8. The van der Waals surface area contributed by atoms with Crippen molar-refractivity contribution in [3.05, 3.63) is 35.0 Å². The number of fused-ring (bicyclic) bond motifs is 1. The Hall–Kier alpha value is -1.48. The number of carboxylic acid groups (broad SMARTS) is 1. The van der Waals surface area contributed by atoms with Crippen LogP contribution in [0.2, 0.25) is 5.02 Å². The third-order valence-electron chi connectivity index (χ3n) is 2.51. The summed E-state index contributed by atoms with van der Waals surface area (Å²) in [6, 6.07) is 5.46. The van der Waals surface area contributed by atoms with E-state index in [4.69, 9.17) is 21.1 Å². The lowest BCUT2D eigenvalue weighted by Gasteiger charge is -2.04. The molecule has 0 saturated heterocycles. The molecule has 1 heterocycles. The Labute approximate surface area is 97.6 Å². The van der Waals surface area contributed by atoms with E-state index in [9.17, 15) is 4.79 Å². The van der Waals surface area contributed by atoms with Crippen LogP contribution >= 0.6 is 11.6 Å². The Morgan fingerprint density at radius 1 is 1.38 bits per heavy atom. The average Bonchev–Trinajstić information content (AvgIpc) is 2.69. The molecule has 1 aromatic carbocycles. The van der Waals surface area contributed by atoms with E-state index in [1.165, 1.54) is 0 Å². The quantitative estimate of drug-likeness (QED) is 0.887. The highest BCUT2D eigenvalue weighted by Gasteiger charge is 2.08. The van der Waals surface area contributed by atoms with Crippen LogP contribution in [0.4, 0.5) is 0 Å². The van der Waals surface area contributed by atoms with Crippen LogP contribution < -0.4 is 0 Å². The van der Waals surface area contributed by atoms with Crippen molar-refractivity contribution in [1.82, 2.24) is 0 Å². The van der Waals surface area contributed by atoms with Gasteiger partial charge in [0.05, 0.1) is 6.26 Å². The van der Waals surface area contributed by atoms with Gasteiger partial charge in [-0.1, -0.05) is 11.6 Å². The van der Waals surface area contributed by atoms with Gasteiger partial charge in [0.25, 0.3) is 0 Å². The lowest BCUT2D eigenvalue weighted by atomic mass is 10.0. The van der Waals surface area contributed by atoms with Gasteiger partial charge in [-0.3, -0.25) is 4.79 Å². The second kappa shape index (κ2) is 4.58. The van der Waals surface area contributed by atoms with Crippen molar-refractivity contribution in [2.24, 2.45) is 0 Å². The van der Waals surface area contributed by atoms with Gasteiger partial charge >= 0.3 is 5.97 Å². The van der Waals surface area contributed by atoms with Gasteiger partial charge < -0.3 is 9.52 Å². The molecule has 0 spiro atoms. The van der Waals surface area contributed by atoms with Crippen molar-refractivity contribution in [2.75, 3.05) is 0 Å². The number of benzene rings is 1. The Bertz CT molecular complexity index is 516. The Morgan fingerprint density at radius 2 is 2.19 bits per heavy atom. The minimum Gasteiger partial charge on any atom is -0.481 e. The van der Waals surface area contributed by atoms with E-state index >= 15 is 0 Å². The fourth-order valence-electron chi connectivity index (χ4n) is 1.75. The van der Waals surface area contributed by atoms with E-state index in [-0.39, 0.29) is 6.42 Å². The predicted molar refractivity (Wildman–Crippen MR) is 61.8 cm³/mol. The van der Waals surface area contributed by atoms with Crippen molar-refractivity contribution < 1.29 is 14.3 Å². The molecule has 0 amide bonds. The summed E-state index contributed by atoms with van der Waals surface area (Å²) < 4.78 is 5.27. The van der Waals surface area contributed by atoms with E-state index in [2.05, 4.69) is 0 Å². The molecule has 0 saturated carbocycles. The van der Waals surface area contributed by atoms with Crippen molar-refractivity contribution in [2.45, 2.75) is 19.3 Å². The highest BCUT2D eigenvalue weighted by Crippen LogP contribution is 2.28. The number of aryl methyl sites for hydroxylation is 1. The summed E-state index contributed by atoms with van der Waals surface area (Å²) in [6.45, 7) is 0. The molecule has 1 aromatic heterocycles. The summed E-state index contributed by atoms with van der Waals surface area (Å²) in [5, 5.41) is 10.2. The number of aliphatic carboxylic acids is 1. The zero-order chi connectivity index (χ0) is 11.5. The van der Waals surface area contributed by atoms with E-state index in [0.29, 0.717) is 17.9 Å². The smallest absolute Gasteiger partial charge is 0.303 e. The van der Waals surface area contributed by atoms with Crippen LogP contribution in [0.25, 0.3) is 11.0 Å². The third kappa shape index (κ3) is 2.19. The summed E-state index contributed by atoms with van der Waals surface area (Å²) in [7, 11) is 0. The van der Waals surface area contributed by atoms with Crippen molar-refractivity contribution >= 4 is 28.5 Å². The zero-order valence-corrected chi connectivity index (χ0v) is 9.33. The summed E-state index contributed by atoms with van der Waals surface area (Å²) in [4.78, 5) is 10.4. The molecule has 0 unspecified atom stereocenters. The Balaban J connectivity index is 2.24. The summed E-state index contributed by atoms with van der Waals surface area (Å²) in [5.41, 5.74) is 1.75. The third-order valence-corrected chi connectivity index (χ3v) is 2.86. The van der Waals surface area contributed by atoms with Gasteiger partial charge in [0.15, 0.2) is 0 Å². The molecular weight excluding hydrogens is 228 g/mol. The van der Waals surface area contributed by atoms with Gasteiger partial charge in [0.1, 0.15) is 5.58 Å². The van der Waals surface area contributed by atoms with E-state index in [1.807, 2.05) is 12.1 Å². The molecule has 0 bridgehead atoms. The van der Waals surface area contributed by atoms with Crippen LogP contribution in [0.3, 0.4) is 0 Å². The molecule has 0 aliphatic heterocycles. The number of hydrogen-bond acceptors (Lipinski definition) is 2. The second-order valence-corrected chi connectivity index (χ2v) is 4.01. The highest BCUT2D eigenvalue weighted by atomic mass is 35.5. The number of carbonyl (C=O) groups is 1. The van der Waals surface area contributed by atoms with Crippen molar-refractivity contribution in [1.29, 1.82) is 0 Å². The highest BCUT2D eigenvalue weighted by molar-refractivity contribution is 6.32. The molecule has 0 aliphatic rings. The van der Waals surface area contributed by atoms with Gasteiger partial charge in [-0.05, 0) is 36.6 Å². The van der Waals surface area contributed by atoms with Crippen LogP contribution in [0, 0.1) is 0 Å². The maximum atomic E-state index is 10.4. The Morgan fingerprint density at radius 3 is 2.94 bits per heavy atom. The van der Waals surface area contributed by atoms with Gasteiger partial charge in [-0.15, -0.1) is 0 Å². The molecule has 0 aliphatic carbocycles. The maximum absolute atomic E-state index is 10.4. The first kappa shape index (κ1) is 11.0. The molecule has 0 fully saturated rings. The topological polar surface area (TPSA) is 50.4 Å². The van der Waals surface area contributed by atoms with Gasteiger partial charge in [-0.25, -0.2) is 0 Å². The van der Waals surface area contributed by atoms with Gasteiger partial charge in [0.2, 0.25) is 0 Å². The number of carboxylic acids is 1. The molecule has 0 atom stereocenters. The van der Waals surface area contributed by atoms with Crippen LogP contribution in [0.15, 0.2) is 28.9 Å². The average molecular weight is 239 g/mol. The number of furan rings is 1. The molecule has 0 radical (unpaired) electrons. The number of rotatable bonds is 4. The van der Waals surface area contributed by atoms with Crippen LogP contribution in [-0.4, -0.2) is 11.1 Å². The summed E-state index contributed by atoms with van der Waals surface area (Å²) in [6.07, 6.45) is 3.01. The van der Waals surface area contributed by atoms with Gasteiger partial charge in [-0.2, -0.15) is 0 Å². The van der Waals surface area contributed by atoms with Crippen molar-refractivity contribution in [3.63, 3.8) is 0 Å². The van der Waals surface area contributed by atoms with E-state index in [1.54, 1.807) is 12.3 Å². The minimum absolute atomic E-state index is 0.157. The van der Waals surface area contributed by atoms with E-state index < -0.39 is 5.97 Å². The van der Waals surface area contributed by atoms with Gasteiger partial charge in [0, 0.05) is 16.8 Å². The first-order chi connectivity index (χ1) is 7.68. The fraction of sp³-hybridized carbons (Fsp3) is 0.250. The maximum Gasteiger partial charge on any atom is 0.303 e. The number of hydrogen-bond donors (Lipinski definition) is 1. The minimum atomic E-state index is -0.782. The fourth-order valence-corrected chi connectivity index (χ4v) is 2.01. The molecular formula is C12H11ClO3. The summed E-state index contributed by atoms with van der Waals surface area (Å²) >= 11 is 6.09. The van der Waals surface area contributed by atoms with E-state index in [0.717, 1.165) is 16.5 Å². The SMILES string of the molecule is O=C(O)CCCc1c(Cl)ccc2occc12. The van der Waals surface area contributed by atoms with Crippen LogP contribution in [-0.2, 0) is 11.2 Å². The summed E-state index contributed by atoms with van der Waals surface area (Å²) in [5.74, 6) is -0.782. The van der Waals surface area contributed by atoms with Crippen LogP contribution in [0.5, 0.6) is 0 Å². The standard InChI is InChI=1S/C12H11ClO3/c13-10-4-5-11-9(6-7-16-11)8(10)2-1-3-12(14)15/h4-7H,1-3H2,(H,14,15). The Kier molecular flexibility index (Phi) is 3.15. The lowest BCUT2D eigenvalue weighted by molar-refractivity contribution is -0.137. The molecule has 84 valence electrons. The largest absolute Gasteiger partial charge is 0.481 e. The zero-order valence-electron chi connectivity index (χ0n) is 8.57. The molecule has 3 nitrogen and oxygen atoms in total. The van der Waals surface area contributed by atoms with Crippen LogP contribution in [0.1, 0.15) is 18.4 Å². The molecule has 2 rings (SSSR count). The first-order valence-corrected chi connectivity index (χ1v) is 5.42. The molecule has 1 N–H and O–H groups in total. The second-order valence-electron chi connectivity index (χ2n) is 3.61. The molecule has 2 aromatic rings. The predicted octanol–water partition coefficient (Wildman–Crippen LogP) is 3.49. The first-order valence-electron chi connectivity index (χ1n) is 5.05. The molecule has 4 heteroatoms. The monoisotopic (exact) mass is 238 g/mol. The van der Waals surface area contributed by atoms with Crippen molar-refractivity contribution in [3.8, 4) is 0 Å². The number of halogens is 1. The molecule has 16 heavy (non-hydrogen) atoms. The lowest BCUT2D eigenvalue weighted by Crippen LogP contribution is -1.96.